The maximum absolute atomic E-state index is 13.1. The van der Waals surface area contributed by atoms with Crippen LogP contribution in [0.3, 0.4) is 0 Å². The summed E-state index contributed by atoms with van der Waals surface area (Å²) in [5.74, 6) is 0.507. The number of ether oxygens (including phenoxy) is 1. The van der Waals surface area contributed by atoms with Crippen LogP contribution in [-0.2, 0) is 4.79 Å². The van der Waals surface area contributed by atoms with Crippen molar-refractivity contribution in [2.45, 2.75) is 19.9 Å². The molecular weight excluding hydrogens is 362 g/mol. The van der Waals surface area contributed by atoms with E-state index in [2.05, 4.69) is 16.0 Å². The first-order chi connectivity index (χ1) is 13.0. The smallest absolute Gasteiger partial charge is 0.255 e. The number of nitrogens with one attached hydrogen (secondary N) is 3. The number of anilines is 1. The Balaban J connectivity index is 1.93. The molecule has 0 fully saturated rings. The third-order valence-corrected chi connectivity index (χ3v) is 4.40. The number of carbonyl (C=O) groups is 1. The number of phenols is 1. The first-order valence-electron chi connectivity index (χ1n) is 8.60. The first-order valence-corrected chi connectivity index (χ1v) is 9.00. The molecule has 4 N–H and O–H groups in total. The van der Waals surface area contributed by atoms with Gasteiger partial charge in [0.05, 0.1) is 23.9 Å². The summed E-state index contributed by atoms with van der Waals surface area (Å²) < 4.78 is 5.58. The van der Waals surface area contributed by atoms with Crippen molar-refractivity contribution in [3.05, 3.63) is 65.4 Å². The molecule has 27 heavy (non-hydrogen) atoms. The lowest BCUT2D eigenvalue weighted by atomic mass is 9.95. The molecule has 7 heteroatoms. The molecule has 1 atom stereocenters. The molecule has 0 unspecified atom stereocenters. The van der Waals surface area contributed by atoms with Gasteiger partial charge in [0.1, 0.15) is 11.5 Å². The van der Waals surface area contributed by atoms with E-state index in [4.69, 9.17) is 17.0 Å². The fraction of sp³-hybridized carbons (Fsp3) is 0.200. The number of carbonyl (C=O) groups excluding carboxylic acids is 1. The largest absolute Gasteiger partial charge is 0.508 e. The van der Waals surface area contributed by atoms with Crippen LogP contribution in [0.2, 0.25) is 0 Å². The molecule has 0 bridgehead atoms. The first kappa shape index (κ1) is 18.7. The highest BCUT2D eigenvalue weighted by molar-refractivity contribution is 7.80. The molecule has 0 spiro atoms. The zero-order valence-electron chi connectivity index (χ0n) is 15.1. The number of hydrogen-bond acceptors (Lipinski definition) is 4. The van der Waals surface area contributed by atoms with Crippen molar-refractivity contribution < 1.29 is 14.6 Å². The molecular formula is C20H21N3O3S. The minimum atomic E-state index is -0.432. The zero-order chi connectivity index (χ0) is 19.4. The Kier molecular flexibility index (Phi) is 5.61. The average molecular weight is 383 g/mol. The summed E-state index contributed by atoms with van der Waals surface area (Å²) in [5.41, 5.74) is 2.60. The van der Waals surface area contributed by atoms with Gasteiger partial charge in [0, 0.05) is 5.70 Å². The quantitative estimate of drug-likeness (QED) is 0.594. The van der Waals surface area contributed by atoms with Gasteiger partial charge in [-0.1, -0.05) is 24.3 Å². The van der Waals surface area contributed by atoms with E-state index >= 15 is 0 Å². The summed E-state index contributed by atoms with van der Waals surface area (Å²) in [7, 11) is 0. The summed E-state index contributed by atoms with van der Waals surface area (Å²) in [6.45, 7) is 4.20. The molecule has 0 saturated carbocycles. The summed E-state index contributed by atoms with van der Waals surface area (Å²) in [4.78, 5) is 13.1. The molecule has 6 nitrogen and oxygen atoms in total. The van der Waals surface area contributed by atoms with Gasteiger partial charge in [-0.05, 0) is 55.9 Å². The molecule has 3 rings (SSSR count). The van der Waals surface area contributed by atoms with Gasteiger partial charge in [-0.25, -0.2) is 0 Å². The standard InChI is InChI=1S/C20H21N3O3S/c1-3-26-16-7-5-4-6-15(16)22-19(25)17-12(2)21-20(27)23-18(17)13-8-10-14(24)11-9-13/h4-11,18,24H,3H2,1-2H3,(H,22,25)(H2,21,23,27)/t18-/m1/s1. The zero-order valence-corrected chi connectivity index (χ0v) is 15.9. The van der Waals surface area contributed by atoms with Crippen LogP contribution < -0.4 is 20.7 Å². The Morgan fingerprint density at radius 1 is 1.22 bits per heavy atom. The molecule has 1 aliphatic heterocycles. The monoisotopic (exact) mass is 383 g/mol. The van der Waals surface area contributed by atoms with Gasteiger partial charge in [0.25, 0.3) is 5.91 Å². The molecule has 0 aromatic heterocycles. The normalized spacial score (nSPS) is 16.4. The van der Waals surface area contributed by atoms with Gasteiger partial charge in [-0.2, -0.15) is 0 Å². The van der Waals surface area contributed by atoms with Crippen LogP contribution in [0.4, 0.5) is 5.69 Å². The number of amides is 1. The van der Waals surface area contributed by atoms with Crippen LogP contribution in [0.5, 0.6) is 11.5 Å². The topological polar surface area (TPSA) is 82.6 Å². The molecule has 1 heterocycles. The average Bonchev–Trinajstić information content (AvgIpc) is 2.63. The Bertz CT molecular complexity index is 894. The van der Waals surface area contributed by atoms with Crippen LogP contribution in [0, 0.1) is 0 Å². The van der Waals surface area contributed by atoms with E-state index in [1.165, 1.54) is 0 Å². The third-order valence-electron chi connectivity index (χ3n) is 4.18. The molecule has 0 radical (unpaired) electrons. The van der Waals surface area contributed by atoms with Crippen molar-refractivity contribution in [3.63, 3.8) is 0 Å². The van der Waals surface area contributed by atoms with E-state index in [9.17, 15) is 9.90 Å². The number of aromatic hydroxyl groups is 1. The summed E-state index contributed by atoms with van der Waals surface area (Å²) in [6, 6.07) is 13.5. The van der Waals surface area contributed by atoms with Crippen molar-refractivity contribution in [2.75, 3.05) is 11.9 Å². The van der Waals surface area contributed by atoms with Gasteiger partial charge in [0.2, 0.25) is 0 Å². The molecule has 0 saturated heterocycles. The van der Waals surface area contributed by atoms with Gasteiger partial charge < -0.3 is 25.8 Å². The Labute approximate surface area is 163 Å². The highest BCUT2D eigenvalue weighted by Crippen LogP contribution is 2.30. The van der Waals surface area contributed by atoms with Crippen molar-refractivity contribution in [2.24, 2.45) is 0 Å². The maximum atomic E-state index is 13.1. The summed E-state index contributed by atoms with van der Waals surface area (Å²) in [5, 5.41) is 19.0. The van der Waals surface area contributed by atoms with Crippen LogP contribution >= 0.6 is 12.2 Å². The Morgan fingerprint density at radius 3 is 2.63 bits per heavy atom. The second-order valence-electron chi connectivity index (χ2n) is 6.04. The van der Waals surface area contributed by atoms with Crippen LogP contribution in [0.15, 0.2) is 59.8 Å². The molecule has 1 amide bonds. The van der Waals surface area contributed by atoms with Crippen LogP contribution in [0.1, 0.15) is 25.5 Å². The second-order valence-corrected chi connectivity index (χ2v) is 6.45. The maximum Gasteiger partial charge on any atom is 0.255 e. The number of phenolic OH excluding ortho intramolecular Hbond substituents is 1. The van der Waals surface area contributed by atoms with Crippen LogP contribution in [-0.4, -0.2) is 22.7 Å². The predicted octanol–water partition coefficient (Wildman–Crippen LogP) is 3.22. The number of para-hydroxylation sites is 2. The minimum Gasteiger partial charge on any atom is -0.508 e. The van der Waals surface area contributed by atoms with E-state index in [0.29, 0.717) is 34.4 Å². The van der Waals surface area contributed by atoms with E-state index < -0.39 is 6.04 Å². The van der Waals surface area contributed by atoms with E-state index in [0.717, 1.165) is 5.56 Å². The second kappa shape index (κ2) is 8.09. The van der Waals surface area contributed by atoms with Crippen LogP contribution in [0.25, 0.3) is 0 Å². The van der Waals surface area contributed by atoms with Crippen molar-refractivity contribution >= 4 is 28.9 Å². The van der Waals surface area contributed by atoms with Crippen molar-refractivity contribution in [3.8, 4) is 11.5 Å². The van der Waals surface area contributed by atoms with Crippen molar-refractivity contribution in [1.29, 1.82) is 0 Å². The van der Waals surface area contributed by atoms with Gasteiger partial charge in [0.15, 0.2) is 5.11 Å². The lowest BCUT2D eigenvalue weighted by Gasteiger charge is -2.30. The predicted molar refractivity (Wildman–Crippen MR) is 109 cm³/mol. The highest BCUT2D eigenvalue weighted by Gasteiger charge is 2.30. The Morgan fingerprint density at radius 2 is 1.93 bits per heavy atom. The summed E-state index contributed by atoms with van der Waals surface area (Å²) in [6.07, 6.45) is 0. The number of rotatable bonds is 5. The molecule has 2 aromatic rings. The lowest BCUT2D eigenvalue weighted by Crippen LogP contribution is -2.45. The molecule has 2 aromatic carbocycles. The highest BCUT2D eigenvalue weighted by atomic mass is 32.1. The number of benzene rings is 2. The van der Waals surface area contributed by atoms with Gasteiger partial charge in [-0.15, -0.1) is 0 Å². The van der Waals surface area contributed by atoms with E-state index in [1.807, 2.05) is 32.0 Å². The third kappa shape index (κ3) is 4.20. The Hall–Kier alpha value is -3.06. The van der Waals surface area contributed by atoms with E-state index in [-0.39, 0.29) is 11.7 Å². The number of allylic oxidation sites excluding steroid dienone is 1. The fourth-order valence-electron chi connectivity index (χ4n) is 2.95. The molecule has 140 valence electrons. The summed E-state index contributed by atoms with van der Waals surface area (Å²) >= 11 is 5.25. The fourth-order valence-corrected chi connectivity index (χ4v) is 3.22. The SMILES string of the molecule is CCOc1ccccc1NC(=O)C1=C(C)NC(=S)N[C@@H]1c1ccc(O)cc1. The number of thiocarbonyl (C=S) groups is 1. The molecule has 0 aliphatic carbocycles. The minimum absolute atomic E-state index is 0.160. The lowest BCUT2D eigenvalue weighted by molar-refractivity contribution is -0.113. The number of hydrogen-bond donors (Lipinski definition) is 4. The van der Waals surface area contributed by atoms with E-state index in [1.54, 1.807) is 30.3 Å². The molecule has 1 aliphatic rings. The van der Waals surface area contributed by atoms with Gasteiger partial charge in [-0.3, -0.25) is 4.79 Å². The van der Waals surface area contributed by atoms with Crippen molar-refractivity contribution in [1.82, 2.24) is 10.6 Å². The van der Waals surface area contributed by atoms with Gasteiger partial charge >= 0.3 is 0 Å².